The summed E-state index contributed by atoms with van der Waals surface area (Å²) in [4.78, 5) is 25.9. The monoisotopic (exact) mass is 244 g/mol. The van der Waals surface area contributed by atoms with E-state index in [9.17, 15) is 9.13 Å². The SMILES string of the molecule is C=C(C)CCOP(=O)(O)CP(=O)(O)O. The van der Waals surface area contributed by atoms with Crippen molar-refractivity contribution in [1.29, 1.82) is 0 Å². The Labute approximate surface area is 82.3 Å². The third-order valence-corrected chi connectivity index (χ3v) is 4.67. The molecular formula is C6H14O6P2. The van der Waals surface area contributed by atoms with Crippen LogP contribution in [0.1, 0.15) is 13.3 Å². The van der Waals surface area contributed by atoms with E-state index in [1.165, 1.54) is 0 Å². The Balaban J connectivity index is 4.03. The number of hydrogen-bond donors (Lipinski definition) is 3. The molecule has 0 aromatic heterocycles. The van der Waals surface area contributed by atoms with Crippen molar-refractivity contribution in [3.8, 4) is 0 Å². The molecule has 6 nitrogen and oxygen atoms in total. The van der Waals surface area contributed by atoms with Crippen LogP contribution in [0, 0.1) is 0 Å². The fourth-order valence-electron chi connectivity index (χ4n) is 0.636. The van der Waals surface area contributed by atoms with E-state index in [4.69, 9.17) is 14.7 Å². The first-order chi connectivity index (χ1) is 6.12. The normalized spacial score (nSPS) is 16.3. The molecule has 1 atom stereocenters. The predicted molar refractivity (Wildman–Crippen MR) is 52.1 cm³/mol. The van der Waals surface area contributed by atoms with Crippen LogP contribution in [0.15, 0.2) is 12.2 Å². The quantitative estimate of drug-likeness (QED) is 0.480. The highest BCUT2D eigenvalue weighted by Crippen LogP contribution is 2.55. The molecule has 0 aromatic carbocycles. The molecule has 1 unspecified atom stereocenters. The minimum atomic E-state index is -4.51. The molecule has 0 heterocycles. The zero-order valence-electron chi connectivity index (χ0n) is 7.79. The van der Waals surface area contributed by atoms with Gasteiger partial charge in [0.2, 0.25) is 0 Å². The molecule has 0 aliphatic heterocycles. The van der Waals surface area contributed by atoms with E-state index in [1.54, 1.807) is 6.92 Å². The second kappa shape index (κ2) is 5.21. The summed E-state index contributed by atoms with van der Waals surface area (Å²) in [6, 6.07) is 0. The van der Waals surface area contributed by atoms with Crippen molar-refractivity contribution in [2.75, 3.05) is 12.5 Å². The highest BCUT2D eigenvalue weighted by atomic mass is 31.2. The Kier molecular flexibility index (Phi) is 5.23. The van der Waals surface area contributed by atoms with Gasteiger partial charge in [-0.1, -0.05) is 5.57 Å². The van der Waals surface area contributed by atoms with Crippen molar-refractivity contribution in [1.82, 2.24) is 0 Å². The molecule has 0 aromatic rings. The van der Waals surface area contributed by atoms with Gasteiger partial charge in [0.25, 0.3) is 0 Å². The number of rotatable bonds is 6. The molecule has 0 rings (SSSR count). The lowest BCUT2D eigenvalue weighted by Gasteiger charge is -2.12. The third-order valence-electron chi connectivity index (χ3n) is 1.18. The van der Waals surface area contributed by atoms with E-state index in [2.05, 4.69) is 11.1 Å². The smallest absolute Gasteiger partial charge is 0.324 e. The summed E-state index contributed by atoms with van der Waals surface area (Å²) in [6.07, 6.45) is 0.381. The molecular weight excluding hydrogens is 230 g/mol. The van der Waals surface area contributed by atoms with Gasteiger partial charge < -0.3 is 19.2 Å². The zero-order valence-corrected chi connectivity index (χ0v) is 9.58. The van der Waals surface area contributed by atoms with Crippen LogP contribution in [0.5, 0.6) is 0 Å². The summed E-state index contributed by atoms with van der Waals surface area (Å²) < 4.78 is 25.9. The molecule has 0 radical (unpaired) electrons. The van der Waals surface area contributed by atoms with Crippen molar-refractivity contribution in [3.63, 3.8) is 0 Å². The van der Waals surface area contributed by atoms with Gasteiger partial charge in [-0.15, -0.1) is 6.58 Å². The first kappa shape index (κ1) is 14.0. The van der Waals surface area contributed by atoms with Crippen LogP contribution >= 0.6 is 15.2 Å². The van der Waals surface area contributed by atoms with Crippen LogP contribution in [0.4, 0.5) is 0 Å². The van der Waals surface area contributed by atoms with Crippen molar-refractivity contribution in [3.05, 3.63) is 12.2 Å². The van der Waals surface area contributed by atoms with Gasteiger partial charge in [-0.2, -0.15) is 0 Å². The average molecular weight is 244 g/mol. The highest BCUT2D eigenvalue weighted by molar-refractivity contribution is 7.70. The van der Waals surface area contributed by atoms with Gasteiger partial charge in [0.15, 0.2) is 5.90 Å². The van der Waals surface area contributed by atoms with Crippen molar-refractivity contribution in [2.24, 2.45) is 0 Å². The van der Waals surface area contributed by atoms with Crippen molar-refractivity contribution in [2.45, 2.75) is 13.3 Å². The van der Waals surface area contributed by atoms with E-state index in [0.717, 1.165) is 5.57 Å². The maximum Gasteiger partial charge on any atom is 0.340 e. The summed E-state index contributed by atoms with van der Waals surface area (Å²) in [7, 11) is -8.69. The van der Waals surface area contributed by atoms with Crippen LogP contribution in [0.2, 0.25) is 0 Å². The maximum absolute atomic E-state index is 11.0. The molecule has 0 amide bonds. The first-order valence-electron chi connectivity index (χ1n) is 3.78. The van der Waals surface area contributed by atoms with Crippen molar-refractivity contribution < 1.29 is 28.3 Å². The first-order valence-corrected chi connectivity index (χ1v) is 7.34. The lowest BCUT2D eigenvalue weighted by molar-refractivity contribution is 0.263. The van der Waals surface area contributed by atoms with Gasteiger partial charge in [0.1, 0.15) is 0 Å². The predicted octanol–water partition coefficient (Wildman–Crippen LogP) is 1.29. The summed E-state index contributed by atoms with van der Waals surface area (Å²) in [6.45, 7) is 5.19. The molecule has 84 valence electrons. The molecule has 0 aliphatic rings. The Morgan fingerprint density at radius 1 is 1.36 bits per heavy atom. The van der Waals surface area contributed by atoms with Gasteiger partial charge in [-0.05, 0) is 13.3 Å². The summed E-state index contributed by atoms with van der Waals surface area (Å²) in [5, 5.41) is 0. The second-order valence-electron chi connectivity index (χ2n) is 2.98. The second-order valence-corrected chi connectivity index (χ2v) is 6.98. The Morgan fingerprint density at radius 2 is 1.86 bits per heavy atom. The minimum Gasteiger partial charge on any atom is -0.324 e. The fraction of sp³-hybridized carbons (Fsp3) is 0.667. The van der Waals surface area contributed by atoms with Gasteiger partial charge in [0.05, 0.1) is 6.61 Å². The Morgan fingerprint density at radius 3 is 2.21 bits per heavy atom. The highest BCUT2D eigenvalue weighted by Gasteiger charge is 2.30. The largest absolute Gasteiger partial charge is 0.340 e. The Bertz CT molecular complexity index is 293. The minimum absolute atomic E-state index is 0.0664. The molecule has 0 saturated carbocycles. The molecule has 3 N–H and O–H groups in total. The summed E-state index contributed by atoms with van der Waals surface area (Å²) in [5.41, 5.74) is 0.765. The van der Waals surface area contributed by atoms with Crippen LogP contribution in [-0.4, -0.2) is 27.2 Å². The molecule has 14 heavy (non-hydrogen) atoms. The van der Waals surface area contributed by atoms with Crippen molar-refractivity contribution >= 4 is 15.2 Å². The molecule has 0 fully saturated rings. The molecule has 0 spiro atoms. The van der Waals surface area contributed by atoms with Crippen LogP contribution in [-0.2, 0) is 13.7 Å². The van der Waals surface area contributed by atoms with Gasteiger partial charge in [-0.3, -0.25) is 9.13 Å². The third kappa shape index (κ3) is 8.63. The Hall–Kier alpha value is 0.0400. The van der Waals surface area contributed by atoms with E-state index < -0.39 is 21.1 Å². The van der Waals surface area contributed by atoms with Crippen LogP contribution in [0.25, 0.3) is 0 Å². The lowest BCUT2D eigenvalue weighted by Crippen LogP contribution is -1.98. The van der Waals surface area contributed by atoms with E-state index in [-0.39, 0.29) is 6.61 Å². The fourth-order valence-corrected chi connectivity index (χ4v) is 3.20. The summed E-state index contributed by atoms with van der Waals surface area (Å²) in [5.74, 6) is -1.14. The van der Waals surface area contributed by atoms with Gasteiger partial charge in [0, 0.05) is 0 Å². The zero-order chi connectivity index (χ0) is 11.4. The van der Waals surface area contributed by atoms with Gasteiger partial charge in [-0.25, -0.2) is 0 Å². The van der Waals surface area contributed by atoms with E-state index >= 15 is 0 Å². The van der Waals surface area contributed by atoms with E-state index in [0.29, 0.717) is 6.42 Å². The molecule has 0 saturated heterocycles. The molecule has 0 aliphatic carbocycles. The van der Waals surface area contributed by atoms with E-state index in [1.807, 2.05) is 0 Å². The maximum atomic E-state index is 11.0. The standard InChI is InChI=1S/C6H14O6P2/c1-6(2)3-4-12-14(10,11)5-13(7,8)9/h1,3-5H2,2H3,(H,10,11)(H2,7,8,9). The van der Waals surface area contributed by atoms with Crippen LogP contribution in [0.3, 0.4) is 0 Å². The number of hydrogen-bond acceptors (Lipinski definition) is 3. The van der Waals surface area contributed by atoms with Crippen LogP contribution < -0.4 is 0 Å². The van der Waals surface area contributed by atoms with Gasteiger partial charge >= 0.3 is 15.2 Å². The average Bonchev–Trinajstić information content (AvgIpc) is 1.78. The molecule has 8 heteroatoms. The lowest BCUT2D eigenvalue weighted by atomic mass is 10.3. The summed E-state index contributed by atoms with van der Waals surface area (Å²) >= 11 is 0. The molecule has 0 bridgehead atoms. The topological polar surface area (TPSA) is 104 Å².